The van der Waals surface area contributed by atoms with Crippen LogP contribution < -0.4 is 10.6 Å². The number of benzene rings is 1. The molecule has 23 heavy (non-hydrogen) atoms. The summed E-state index contributed by atoms with van der Waals surface area (Å²) in [6.45, 7) is 3.15. The number of halogens is 4. The molecule has 1 saturated heterocycles. The first kappa shape index (κ1) is 19.7. The molecular weight excluding hydrogens is 331 g/mol. The van der Waals surface area contributed by atoms with Crippen molar-refractivity contribution in [1.29, 1.82) is 0 Å². The van der Waals surface area contributed by atoms with Crippen LogP contribution in [0.2, 0.25) is 0 Å². The molecular formula is C15H21ClF3N3O. The number of rotatable bonds is 4. The van der Waals surface area contributed by atoms with Crippen molar-refractivity contribution in [3.8, 4) is 0 Å². The van der Waals surface area contributed by atoms with Crippen molar-refractivity contribution >= 4 is 18.3 Å². The van der Waals surface area contributed by atoms with Gasteiger partial charge in [0.2, 0.25) is 0 Å². The number of alkyl halides is 3. The summed E-state index contributed by atoms with van der Waals surface area (Å²) in [4.78, 5) is 13.3. The van der Waals surface area contributed by atoms with Crippen LogP contribution in [-0.2, 0) is 0 Å². The Morgan fingerprint density at radius 1 is 1.26 bits per heavy atom. The second-order valence-electron chi connectivity index (χ2n) is 5.42. The lowest BCUT2D eigenvalue weighted by Gasteiger charge is -2.35. The first-order chi connectivity index (χ1) is 10.4. The quantitative estimate of drug-likeness (QED) is 0.872. The van der Waals surface area contributed by atoms with Gasteiger partial charge in [0.05, 0.1) is 0 Å². The fourth-order valence-electron chi connectivity index (χ4n) is 2.44. The molecule has 0 saturated carbocycles. The van der Waals surface area contributed by atoms with E-state index < -0.39 is 24.7 Å². The van der Waals surface area contributed by atoms with E-state index in [1.807, 2.05) is 6.92 Å². The third-order valence-electron chi connectivity index (χ3n) is 3.74. The number of nitrogens with zero attached hydrogens (tertiary/aromatic N) is 1. The molecule has 1 amide bonds. The molecule has 1 aliphatic heterocycles. The molecule has 0 spiro atoms. The van der Waals surface area contributed by atoms with E-state index in [9.17, 15) is 18.0 Å². The molecule has 1 heterocycles. The highest BCUT2D eigenvalue weighted by atomic mass is 35.5. The first-order valence-corrected chi connectivity index (χ1v) is 7.24. The van der Waals surface area contributed by atoms with Crippen LogP contribution in [0, 0.1) is 6.92 Å². The van der Waals surface area contributed by atoms with Crippen molar-refractivity contribution in [3.05, 3.63) is 35.4 Å². The third kappa shape index (κ3) is 5.67. The SMILES string of the molecule is Cc1ccc(C(=O)NCC(N2CCNCC2)C(F)(F)F)cc1.Cl. The second-order valence-corrected chi connectivity index (χ2v) is 5.42. The topological polar surface area (TPSA) is 44.4 Å². The number of hydrogen-bond donors (Lipinski definition) is 2. The summed E-state index contributed by atoms with van der Waals surface area (Å²) < 4.78 is 39.6. The minimum absolute atomic E-state index is 0. The summed E-state index contributed by atoms with van der Waals surface area (Å²) in [6.07, 6.45) is -4.36. The van der Waals surface area contributed by atoms with Gasteiger partial charge < -0.3 is 10.6 Å². The number of hydrogen-bond acceptors (Lipinski definition) is 3. The van der Waals surface area contributed by atoms with Gasteiger partial charge in [-0.15, -0.1) is 12.4 Å². The molecule has 1 aromatic carbocycles. The Morgan fingerprint density at radius 2 is 1.83 bits per heavy atom. The molecule has 4 nitrogen and oxygen atoms in total. The van der Waals surface area contributed by atoms with Crippen LogP contribution in [0.15, 0.2) is 24.3 Å². The van der Waals surface area contributed by atoms with Crippen molar-refractivity contribution < 1.29 is 18.0 Å². The summed E-state index contributed by atoms with van der Waals surface area (Å²) in [7, 11) is 0. The van der Waals surface area contributed by atoms with Gasteiger partial charge in [0.15, 0.2) is 0 Å². The Labute approximate surface area is 139 Å². The van der Waals surface area contributed by atoms with E-state index in [2.05, 4.69) is 10.6 Å². The van der Waals surface area contributed by atoms with Gasteiger partial charge in [-0.05, 0) is 19.1 Å². The van der Waals surface area contributed by atoms with E-state index in [1.54, 1.807) is 24.3 Å². The fraction of sp³-hybridized carbons (Fsp3) is 0.533. The highest BCUT2D eigenvalue weighted by molar-refractivity contribution is 5.94. The number of carbonyl (C=O) groups excluding carboxylic acids is 1. The molecule has 2 N–H and O–H groups in total. The Hall–Kier alpha value is -1.31. The minimum atomic E-state index is -4.36. The molecule has 1 aromatic rings. The standard InChI is InChI=1S/C15H20F3N3O.ClH/c1-11-2-4-12(5-3-11)14(22)20-10-13(15(16,17)18)21-8-6-19-7-9-21;/h2-5,13,19H,6-10H2,1H3,(H,20,22);1H. The minimum Gasteiger partial charge on any atom is -0.350 e. The zero-order valence-electron chi connectivity index (χ0n) is 12.8. The van der Waals surface area contributed by atoms with Crippen LogP contribution in [0.4, 0.5) is 13.2 Å². The maximum atomic E-state index is 13.2. The van der Waals surface area contributed by atoms with Gasteiger partial charge in [-0.3, -0.25) is 9.69 Å². The highest BCUT2D eigenvalue weighted by Gasteiger charge is 2.43. The first-order valence-electron chi connectivity index (χ1n) is 7.24. The Kier molecular flexibility index (Phi) is 7.31. The summed E-state index contributed by atoms with van der Waals surface area (Å²) in [6, 6.07) is 5.08. The Balaban J connectivity index is 0.00000264. The van der Waals surface area contributed by atoms with Gasteiger partial charge in [-0.25, -0.2) is 0 Å². The maximum Gasteiger partial charge on any atom is 0.405 e. The predicted molar refractivity (Wildman–Crippen MR) is 85.0 cm³/mol. The molecule has 0 aromatic heterocycles. The number of aryl methyl sites for hydroxylation is 1. The van der Waals surface area contributed by atoms with Crippen LogP contribution in [-0.4, -0.2) is 55.7 Å². The van der Waals surface area contributed by atoms with Gasteiger partial charge in [-0.2, -0.15) is 13.2 Å². The van der Waals surface area contributed by atoms with E-state index in [4.69, 9.17) is 0 Å². The van der Waals surface area contributed by atoms with Crippen molar-refractivity contribution in [1.82, 2.24) is 15.5 Å². The molecule has 1 unspecified atom stereocenters. The summed E-state index contributed by atoms with van der Waals surface area (Å²) >= 11 is 0. The zero-order valence-corrected chi connectivity index (χ0v) is 13.6. The largest absolute Gasteiger partial charge is 0.405 e. The van der Waals surface area contributed by atoms with Crippen LogP contribution in [0.3, 0.4) is 0 Å². The lowest BCUT2D eigenvalue weighted by molar-refractivity contribution is -0.183. The molecule has 0 aliphatic carbocycles. The van der Waals surface area contributed by atoms with Gasteiger partial charge in [0.25, 0.3) is 5.91 Å². The van der Waals surface area contributed by atoms with Gasteiger partial charge in [0, 0.05) is 38.3 Å². The predicted octanol–water partition coefficient (Wildman–Crippen LogP) is 1.98. The van der Waals surface area contributed by atoms with Crippen molar-refractivity contribution in [2.75, 3.05) is 32.7 Å². The number of carbonyl (C=O) groups is 1. The van der Waals surface area contributed by atoms with E-state index in [-0.39, 0.29) is 12.4 Å². The van der Waals surface area contributed by atoms with Crippen LogP contribution >= 0.6 is 12.4 Å². The molecule has 2 rings (SSSR count). The van der Waals surface area contributed by atoms with E-state index in [1.165, 1.54) is 4.90 Å². The maximum absolute atomic E-state index is 13.2. The van der Waals surface area contributed by atoms with E-state index in [0.717, 1.165) is 5.56 Å². The highest BCUT2D eigenvalue weighted by Crippen LogP contribution is 2.24. The molecule has 130 valence electrons. The lowest BCUT2D eigenvalue weighted by Crippen LogP contribution is -2.57. The fourth-order valence-corrected chi connectivity index (χ4v) is 2.44. The van der Waals surface area contributed by atoms with Crippen LogP contribution in [0.1, 0.15) is 15.9 Å². The van der Waals surface area contributed by atoms with E-state index in [0.29, 0.717) is 31.7 Å². The van der Waals surface area contributed by atoms with Gasteiger partial charge >= 0.3 is 6.18 Å². The molecule has 1 aliphatic rings. The normalized spacial score (nSPS) is 17.2. The lowest BCUT2D eigenvalue weighted by atomic mass is 10.1. The zero-order chi connectivity index (χ0) is 16.2. The Bertz CT molecular complexity index is 502. The number of amides is 1. The smallest absolute Gasteiger partial charge is 0.350 e. The summed E-state index contributed by atoms with van der Waals surface area (Å²) in [5.74, 6) is -0.482. The van der Waals surface area contributed by atoms with Gasteiger partial charge in [-0.1, -0.05) is 17.7 Å². The molecule has 1 fully saturated rings. The third-order valence-corrected chi connectivity index (χ3v) is 3.74. The molecule has 8 heteroatoms. The molecule has 1 atom stereocenters. The van der Waals surface area contributed by atoms with Crippen LogP contribution in [0.25, 0.3) is 0 Å². The van der Waals surface area contributed by atoms with Crippen LogP contribution in [0.5, 0.6) is 0 Å². The molecule has 0 radical (unpaired) electrons. The monoisotopic (exact) mass is 351 g/mol. The average Bonchev–Trinajstić information content (AvgIpc) is 2.47. The second kappa shape index (κ2) is 8.52. The number of nitrogens with one attached hydrogen (secondary N) is 2. The van der Waals surface area contributed by atoms with E-state index >= 15 is 0 Å². The van der Waals surface area contributed by atoms with Crippen molar-refractivity contribution in [2.45, 2.75) is 19.1 Å². The summed E-state index contributed by atoms with van der Waals surface area (Å²) in [5.41, 5.74) is 1.36. The van der Waals surface area contributed by atoms with Gasteiger partial charge in [0.1, 0.15) is 6.04 Å². The summed E-state index contributed by atoms with van der Waals surface area (Å²) in [5, 5.41) is 5.42. The van der Waals surface area contributed by atoms with Crippen molar-refractivity contribution in [3.63, 3.8) is 0 Å². The van der Waals surface area contributed by atoms with Crippen molar-refractivity contribution in [2.24, 2.45) is 0 Å². The average molecular weight is 352 g/mol. The molecule has 0 bridgehead atoms. The Morgan fingerprint density at radius 3 is 2.35 bits per heavy atom. The number of piperazine rings is 1.